The van der Waals surface area contributed by atoms with Gasteiger partial charge in [-0.05, 0) is 31.5 Å². The first-order valence-electron chi connectivity index (χ1n) is 8.02. The summed E-state index contributed by atoms with van der Waals surface area (Å²) in [5.41, 5.74) is 1.53. The number of aromatic nitrogens is 1. The van der Waals surface area contributed by atoms with E-state index >= 15 is 0 Å². The van der Waals surface area contributed by atoms with E-state index in [9.17, 15) is 8.78 Å². The normalized spacial score (nSPS) is 12.8. The van der Waals surface area contributed by atoms with Crippen molar-refractivity contribution in [2.24, 2.45) is 4.99 Å². The topological polar surface area (TPSA) is 52.6 Å². The number of rotatable bonds is 6. The van der Waals surface area contributed by atoms with Crippen molar-refractivity contribution in [2.75, 3.05) is 25.5 Å². The maximum absolute atomic E-state index is 13.4. The van der Waals surface area contributed by atoms with Crippen LogP contribution in [0.25, 0.3) is 0 Å². The van der Waals surface area contributed by atoms with Crippen LogP contribution >= 0.6 is 11.3 Å². The number of hydrogen-bond donors (Lipinski definition) is 2. The van der Waals surface area contributed by atoms with Crippen LogP contribution in [0, 0.1) is 11.6 Å². The van der Waals surface area contributed by atoms with Gasteiger partial charge in [-0.3, -0.25) is 0 Å². The number of guanidine groups is 1. The molecule has 1 unspecified atom stereocenters. The molecule has 0 radical (unpaired) electrons. The van der Waals surface area contributed by atoms with Crippen molar-refractivity contribution in [1.29, 1.82) is 0 Å². The second kappa shape index (κ2) is 8.75. The van der Waals surface area contributed by atoms with Crippen molar-refractivity contribution >= 4 is 22.4 Å². The van der Waals surface area contributed by atoms with Crippen LogP contribution in [0.2, 0.25) is 0 Å². The lowest BCUT2D eigenvalue weighted by atomic mass is 10.1. The van der Waals surface area contributed by atoms with Gasteiger partial charge in [0.15, 0.2) is 22.7 Å². The molecule has 0 fully saturated rings. The van der Waals surface area contributed by atoms with E-state index in [1.165, 1.54) is 6.07 Å². The van der Waals surface area contributed by atoms with Crippen LogP contribution in [0.4, 0.5) is 13.9 Å². The predicted octanol–water partition coefficient (Wildman–Crippen LogP) is 3.30. The SMILES string of the molecule is CCNC(=NCc1csc(N(C)C)n1)NC(C)c1ccc(F)c(F)c1. The maximum atomic E-state index is 13.4. The average molecular weight is 367 g/mol. The monoisotopic (exact) mass is 367 g/mol. The summed E-state index contributed by atoms with van der Waals surface area (Å²) in [5.74, 6) is -1.11. The van der Waals surface area contributed by atoms with Crippen molar-refractivity contribution in [1.82, 2.24) is 15.6 Å². The molecule has 2 rings (SSSR count). The fraction of sp³-hybridized carbons (Fsp3) is 0.412. The Labute approximate surface area is 150 Å². The second-order valence-corrected chi connectivity index (χ2v) is 6.59. The number of aliphatic imine (C=N–C) groups is 1. The number of anilines is 1. The third kappa shape index (κ3) is 5.38. The number of nitrogens with zero attached hydrogens (tertiary/aromatic N) is 3. The van der Waals surface area contributed by atoms with Crippen LogP contribution in [0.15, 0.2) is 28.6 Å². The molecule has 25 heavy (non-hydrogen) atoms. The zero-order valence-electron chi connectivity index (χ0n) is 14.8. The van der Waals surface area contributed by atoms with Gasteiger partial charge in [0.25, 0.3) is 0 Å². The molecule has 0 aliphatic carbocycles. The lowest BCUT2D eigenvalue weighted by Crippen LogP contribution is -2.38. The quantitative estimate of drug-likeness (QED) is 0.608. The summed E-state index contributed by atoms with van der Waals surface area (Å²) >= 11 is 1.56. The summed E-state index contributed by atoms with van der Waals surface area (Å²) in [7, 11) is 3.89. The fourth-order valence-electron chi connectivity index (χ4n) is 2.12. The lowest BCUT2D eigenvalue weighted by Gasteiger charge is -2.18. The third-order valence-corrected chi connectivity index (χ3v) is 4.52. The van der Waals surface area contributed by atoms with Gasteiger partial charge in [0, 0.05) is 26.0 Å². The minimum absolute atomic E-state index is 0.222. The molecule has 0 saturated carbocycles. The zero-order valence-corrected chi connectivity index (χ0v) is 15.6. The van der Waals surface area contributed by atoms with Crippen LogP contribution in [0.5, 0.6) is 0 Å². The van der Waals surface area contributed by atoms with Gasteiger partial charge in [-0.2, -0.15) is 0 Å². The Bertz CT molecular complexity index is 730. The molecule has 0 bridgehead atoms. The lowest BCUT2D eigenvalue weighted by molar-refractivity contribution is 0.504. The third-order valence-electron chi connectivity index (χ3n) is 3.46. The number of nitrogens with one attached hydrogen (secondary N) is 2. The molecule has 2 N–H and O–H groups in total. The Kier molecular flexibility index (Phi) is 6.69. The van der Waals surface area contributed by atoms with Gasteiger partial charge in [-0.25, -0.2) is 18.8 Å². The summed E-state index contributed by atoms with van der Waals surface area (Å²) in [6.45, 7) is 4.96. The summed E-state index contributed by atoms with van der Waals surface area (Å²) in [4.78, 5) is 11.0. The van der Waals surface area contributed by atoms with Crippen LogP contribution in [0.1, 0.15) is 31.1 Å². The molecular formula is C17H23F2N5S. The highest BCUT2D eigenvalue weighted by molar-refractivity contribution is 7.13. The fourth-order valence-corrected chi connectivity index (χ4v) is 2.87. The van der Waals surface area contributed by atoms with Gasteiger partial charge in [-0.1, -0.05) is 6.07 Å². The Morgan fingerprint density at radius 1 is 1.32 bits per heavy atom. The molecule has 1 aromatic heterocycles. The van der Waals surface area contributed by atoms with Crippen molar-refractivity contribution in [3.05, 3.63) is 46.5 Å². The smallest absolute Gasteiger partial charge is 0.192 e. The second-order valence-electron chi connectivity index (χ2n) is 5.75. The Morgan fingerprint density at radius 2 is 2.08 bits per heavy atom. The van der Waals surface area contributed by atoms with Crippen LogP contribution in [-0.4, -0.2) is 31.6 Å². The number of thiazole rings is 1. The predicted molar refractivity (Wildman–Crippen MR) is 99.2 cm³/mol. The van der Waals surface area contributed by atoms with Gasteiger partial charge >= 0.3 is 0 Å². The van der Waals surface area contributed by atoms with Crippen LogP contribution in [-0.2, 0) is 6.54 Å². The molecule has 1 aromatic carbocycles. The van der Waals surface area contributed by atoms with Gasteiger partial charge in [-0.15, -0.1) is 11.3 Å². The highest BCUT2D eigenvalue weighted by Gasteiger charge is 2.11. The highest BCUT2D eigenvalue weighted by atomic mass is 32.1. The Morgan fingerprint density at radius 3 is 2.68 bits per heavy atom. The molecule has 1 heterocycles. The van der Waals surface area contributed by atoms with E-state index in [1.54, 1.807) is 17.4 Å². The van der Waals surface area contributed by atoms with Crippen LogP contribution < -0.4 is 15.5 Å². The Hall–Kier alpha value is -2.22. The molecule has 136 valence electrons. The first kappa shape index (κ1) is 19.1. The van der Waals surface area contributed by atoms with Crippen molar-refractivity contribution in [2.45, 2.75) is 26.4 Å². The van der Waals surface area contributed by atoms with E-state index < -0.39 is 11.6 Å². The minimum atomic E-state index is -0.855. The highest BCUT2D eigenvalue weighted by Crippen LogP contribution is 2.19. The molecule has 0 aliphatic heterocycles. The van der Waals surface area contributed by atoms with E-state index in [4.69, 9.17) is 0 Å². The standard InChI is InChI=1S/C17H23F2N5S/c1-5-20-16(21-9-13-10-25-17(23-13)24(3)4)22-11(2)12-6-7-14(18)15(19)8-12/h6-8,10-11H,5,9H2,1-4H3,(H2,20,21,22). The molecule has 0 spiro atoms. The van der Waals surface area contributed by atoms with Crippen molar-refractivity contribution in [3.63, 3.8) is 0 Å². The van der Waals surface area contributed by atoms with E-state index in [0.29, 0.717) is 24.6 Å². The molecule has 0 amide bonds. The Balaban J connectivity index is 2.06. The average Bonchev–Trinajstić information content (AvgIpc) is 3.04. The van der Waals surface area contributed by atoms with E-state index in [2.05, 4.69) is 20.6 Å². The maximum Gasteiger partial charge on any atom is 0.192 e. The summed E-state index contributed by atoms with van der Waals surface area (Å²) in [6, 6.07) is 3.66. The summed E-state index contributed by atoms with van der Waals surface area (Å²) in [5, 5.41) is 9.24. The number of benzene rings is 1. The first-order chi connectivity index (χ1) is 11.9. The van der Waals surface area contributed by atoms with E-state index in [-0.39, 0.29) is 6.04 Å². The molecular weight excluding hydrogens is 344 g/mol. The van der Waals surface area contributed by atoms with Crippen LogP contribution in [0.3, 0.4) is 0 Å². The molecule has 5 nitrogen and oxygen atoms in total. The van der Waals surface area contributed by atoms with Gasteiger partial charge < -0.3 is 15.5 Å². The largest absolute Gasteiger partial charge is 0.357 e. The molecule has 0 aliphatic rings. The van der Waals surface area contributed by atoms with E-state index in [1.807, 2.05) is 38.2 Å². The van der Waals surface area contributed by atoms with Crippen molar-refractivity contribution in [3.8, 4) is 0 Å². The van der Waals surface area contributed by atoms with Gasteiger partial charge in [0.1, 0.15) is 0 Å². The number of hydrogen-bond acceptors (Lipinski definition) is 4. The molecule has 0 saturated heterocycles. The number of halogens is 2. The molecule has 1 atom stereocenters. The zero-order chi connectivity index (χ0) is 18.4. The van der Waals surface area contributed by atoms with Gasteiger partial charge in [0.05, 0.1) is 18.3 Å². The summed E-state index contributed by atoms with van der Waals surface area (Å²) < 4.78 is 26.5. The van der Waals surface area contributed by atoms with Gasteiger partial charge in [0.2, 0.25) is 0 Å². The van der Waals surface area contributed by atoms with Crippen molar-refractivity contribution < 1.29 is 8.78 Å². The van der Waals surface area contributed by atoms with E-state index in [0.717, 1.165) is 16.9 Å². The first-order valence-corrected chi connectivity index (χ1v) is 8.90. The summed E-state index contributed by atoms with van der Waals surface area (Å²) in [6.07, 6.45) is 0. The molecule has 2 aromatic rings. The minimum Gasteiger partial charge on any atom is -0.357 e. The molecule has 8 heteroatoms.